The minimum Gasteiger partial charge on any atom is -0.592 e. The zero-order valence-electron chi connectivity index (χ0n) is 12.7. The smallest absolute Gasteiger partial charge is 0.381 e. The van der Waals surface area contributed by atoms with Crippen LogP contribution in [0.5, 0.6) is 0 Å². The topological polar surface area (TPSA) is 104 Å². The van der Waals surface area contributed by atoms with Crippen molar-refractivity contribution in [2.75, 3.05) is 18.0 Å². The third-order valence-electron chi connectivity index (χ3n) is 4.69. The van der Waals surface area contributed by atoms with Crippen LogP contribution in [0.3, 0.4) is 0 Å². The number of aromatic nitrogens is 4. The summed E-state index contributed by atoms with van der Waals surface area (Å²) < 4.78 is 3.39. The lowest BCUT2D eigenvalue weighted by Gasteiger charge is -2.42. The number of aryl methyl sites for hydroxylation is 1. The number of pyridine rings is 1. The molecule has 4 rings (SSSR count). The van der Waals surface area contributed by atoms with E-state index >= 15 is 0 Å². The molecule has 2 aromatic rings. The normalized spacial score (nSPS) is 24.4. The Morgan fingerprint density at radius 2 is 2.17 bits per heavy atom. The highest BCUT2D eigenvalue weighted by molar-refractivity contribution is 5.36. The second-order valence-corrected chi connectivity index (χ2v) is 6.27. The maximum absolute atomic E-state index is 12.0. The summed E-state index contributed by atoms with van der Waals surface area (Å²) in [5.41, 5.74) is 1.11. The van der Waals surface area contributed by atoms with Crippen LogP contribution in [-0.2, 0) is 13.6 Å². The highest BCUT2D eigenvalue weighted by Crippen LogP contribution is 2.36. The Hall–Kier alpha value is -2.23. The number of piperidine rings is 1. The number of rotatable bonds is 2. The van der Waals surface area contributed by atoms with Crippen molar-refractivity contribution in [2.45, 2.75) is 18.9 Å². The van der Waals surface area contributed by atoms with Gasteiger partial charge in [0.1, 0.15) is 0 Å². The second-order valence-electron chi connectivity index (χ2n) is 6.27. The van der Waals surface area contributed by atoms with Crippen LogP contribution in [0.4, 0.5) is 11.9 Å². The SMILES string of the molecule is Cn1nc([NH+]([O-])O)nc1N1C[C@H]2C[C@@H](C1)c1cccc(=O)n1C2. The molecule has 9 nitrogen and oxygen atoms in total. The molecule has 2 N–H and O–H groups in total. The summed E-state index contributed by atoms with van der Waals surface area (Å²) in [6, 6.07) is 5.41. The fourth-order valence-corrected chi connectivity index (χ4v) is 3.80. The first-order valence-electron chi connectivity index (χ1n) is 7.62. The number of hydrogen-bond donors (Lipinski definition) is 2. The van der Waals surface area contributed by atoms with Gasteiger partial charge in [-0.3, -0.25) is 4.79 Å². The first-order chi connectivity index (χ1) is 11.0. The molecule has 2 aromatic heterocycles. The lowest BCUT2D eigenvalue weighted by Crippen LogP contribution is -2.99. The number of nitrogens with one attached hydrogen (secondary N) is 1. The third-order valence-corrected chi connectivity index (χ3v) is 4.69. The molecule has 1 saturated heterocycles. The maximum atomic E-state index is 12.0. The Bertz CT molecular complexity index is 798. The molecule has 4 heterocycles. The average Bonchev–Trinajstić information content (AvgIpc) is 2.90. The van der Waals surface area contributed by atoms with E-state index in [0.29, 0.717) is 25.0 Å². The third kappa shape index (κ3) is 2.33. The van der Waals surface area contributed by atoms with Crippen molar-refractivity contribution in [2.24, 2.45) is 13.0 Å². The highest BCUT2D eigenvalue weighted by atomic mass is 16.8. The van der Waals surface area contributed by atoms with Gasteiger partial charge in [-0.05, 0) is 18.4 Å². The summed E-state index contributed by atoms with van der Waals surface area (Å²) in [5, 5.41) is 22.9. The first kappa shape index (κ1) is 14.4. The van der Waals surface area contributed by atoms with Crippen molar-refractivity contribution in [1.29, 1.82) is 0 Å². The summed E-state index contributed by atoms with van der Waals surface area (Å²) >= 11 is 0. The summed E-state index contributed by atoms with van der Waals surface area (Å²) in [6.45, 7) is 2.17. The molecule has 2 bridgehead atoms. The van der Waals surface area contributed by atoms with Crippen LogP contribution in [-0.4, -0.2) is 37.6 Å². The molecule has 0 spiro atoms. The molecule has 2 aliphatic heterocycles. The van der Waals surface area contributed by atoms with Crippen LogP contribution >= 0.6 is 0 Å². The molecule has 1 fully saturated rings. The van der Waals surface area contributed by atoms with Gasteiger partial charge in [0.15, 0.2) is 0 Å². The highest BCUT2D eigenvalue weighted by Gasteiger charge is 2.36. The largest absolute Gasteiger partial charge is 0.592 e. The quantitative estimate of drug-likeness (QED) is 0.689. The van der Waals surface area contributed by atoms with Crippen molar-refractivity contribution < 1.29 is 10.4 Å². The van der Waals surface area contributed by atoms with E-state index in [1.807, 2.05) is 10.6 Å². The van der Waals surface area contributed by atoms with Crippen LogP contribution in [0.15, 0.2) is 23.0 Å². The molecule has 0 aromatic carbocycles. The lowest BCUT2D eigenvalue weighted by molar-refractivity contribution is -0.995. The van der Waals surface area contributed by atoms with E-state index in [1.165, 1.54) is 4.68 Å². The average molecular weight is 318 g/mol. The molecule has 2 aliphatic rings. The fraction of sp³-hybridized carbons (Fsp3) is 0.500. The monoisotopic (exact) mass is 318 g/mol. The van der Waals surface area contributed by atoms with E-state index in [-0.39, 0.29) is 17.4 Å². The number of hydrogen-bond acceptors (Lipinski definition) is 6. The van der Waals surface area contributed by atoms with Crippen LogP contribution in [0.25, 0.3) is 0 Å². The number of quaternary nitrogens is 1. The molecule has 9 heteroatoms. The molecular formula is C14H18N6O3. The Morgan fingerprint density at radius 3 is 2.91 bits per heavy atom. The zero-order chi connectivity index (χ0) is 16.1. The summed E-state index contributed by atoms with van der Waals surface area (Å²) in [4.78, 5) is 18.3. The molecule has 23 heavy (non-hydrogen) atoms. The van der Waals surface area contributed by atoms with Crippen molar-refractivity contribution in [3.63, 3.8) is 0 Å². The minimum absolute atomic E-state index is 0.0532. The van der Waals surface area contributed by atoms with Gasteiger partial charge in [-0.25, -0.2) is 9.89 Å². The number of nitrogens with zero attached hydrogens (tertiary/aromatic N) is 5. The minimum atomic E-state index is -1.12. The van der Waals surface area contributed by atoms with E-state index in [2.05, 4.69) is 15.0 Å². The van der Waals surface area contributed by atoms with Crippen LogP contribution in [0, 0.1) is 11.1 Å². The van der Waals surface area contributed by atoms with E-state index in [9.17, 15) is 10.0 Å². The van der Waals surface area contributed by atoms with Gasteiger partial charge in [-0.15, -0.1) is 4.98 Å². The van der Waals surface area contributed by atoms with Gasteiger partial charge in [0.05, 0.1) is 0 Å². The van der Waals surface area contributed by atoms with Gasteiger partial charge in [0, 0.05) is 44.4 Å². The Kier molecular flexibility index (Phi) is 3.22. The molecule has 0 saturated carbocycles. The fourth-order valence-electron chi connectivity index (χ4n) is 3.80. The van der Waals surface area contributed by atoms with Crippen molar-refractivity contribution in [3.8, 4) is 0 Å². The van der Waals surface area contributed by atoms with E-state index in [4.69, 9.17) is 5.21 Å². The van der Waals surface area contributed by atoms with Crippen molar-refractivity contribution >= 4 is 11.9 Å². The molecule has 0 amide bonds. The predicted molar refractivity (Wildman–Crippen MR) is 80.5 cm³/mol. The zero-order valence-corrected chi connectivity index (χ0v) is 12.7. The molecule has 0 radical (unpaired) electrons. The Labute approximate surface area is 131 Å². The number of anilines is 1. The number of fused-ring (bicyclic) bond motifs is 4. The van der Waals surface area contributed by atoms with Crippen molar-refractivity contribution in [1.82, 2.24) is 19.3 Å². The lowest BCUT2D eigenvalue weighted by atomic mass is 9.83. The molecule has 122 valence electrons. The van der Waals surface area contributed by atoms with Gasteiger partial charge in [-0.2, -0.15) is 5.23 Å². The van der Waals surface area contributed by atoms with E-state index in [0.717, 1.165) is 18.7 Å². The van der Waals surface area contributed by atoms with E-state index in [1.54, 1.807) is 19.2 Å². The van der Waals surface area contributed by atoms with E-state index < -0.39 is 5.23 Å². The maximum Gasteiger partial charge on any atom is 0.381 e. The van der Waals surface area contributed by atoms with Crippen LogP contribution < -0.4 is 15.7 Å². The molecular weight excluding hydrogens is 300 g/mol. The molecule has 3 atom stereocenters. The molecule has 0 aliphatic carbocycles. The predicted octanol–water partition coefficient (Wildman–Crippen LogP) is -0.996. The van der Waals surface area contributed by atoms with Gasteiger partial charge >= 0.3 is 5.95 Å². The Morgan fingerprint density at radius 1 is 1.35 bits per heavy atom. The van der Waals surface area contributed by atoms with Crippen molar-refractivity contribution in [3.05, 3.63) is 39.5 Å². The second kappa shape index (κ2) is 5.15. The summed E-state index contributed by atoms with van der Waals surface area (Å²) in [7, 11) is 1.71. The summed E-state index contributed by atoms with van der Waals surface area (Å²) in [5.74, 6) is 0.992. The van der Waals surface area contributed by atoms with Gasteiger partial charge < -0.3 is 14.7 Å². The van der Waals surface area contributed by atoms with Gasteiger partial charge in [0.25, 0.3) is 5.56 Å². The Balaban J connectivity index is 1.67. The summed E-state index contributed by atoms with van der Waals surface area (Å²) in [6.07, 6.45) is 1.05. The molecule has 1 unspecified atom stereocenters. The standard InChI is InChI=1S/C14H18N6O3/c1-17-14(15-13(16-17)20(22)23)18-6-9-5-10(8-18)11-3-2-4-12(21)19(11)7-9/h2-4,9-10,20,22H,5-8H2,1H3/t9-,10+/m1/s1. The first-order valence-corrected chi connectivity index (χ1v) is 7.62. The van der Waals surface area contributed by atoms with Gasteiger partial charge in [0.2, 0.25) is 5.95 Å². The van der Waals surface area contributed by atoms with Gasteiger partial charge in [-0.1, -0.05) is 11.2 Å². The van der Waals surface area contributed by atoms with Crippen LogP contribution in [0.2, 0.25) is 0 Å². The van der Waals surface area contributed by atoms with Crippen LogP contribution in [0.1, 0.15) is 18.0 Å².